The Kier molecular flexibility index (Phi) is 6.35. The number of hydrogen-bond acceptors (Lipinski definition) is 4. The number of anilines is 4. The molecule has 0 saturated heterocycles. The molecule has 0 aliphatic heterocycles. The lowest BCUT2D eigenvalue weighted by atomic mass is 10.3. The molecule has 2 aromatic carbocycles. The largest absolute Gasteiger partial charge is 0.327 e. The molecule has 0 fully saturated rings. The molecular formula is C20H19N6O3+. The van der Waals surface area contributed by atoms with Crippen LogP contribution in [0, 0.1) is 0 Å². The maximum Gasteiger partial charge on any atom is 0.327 e. The second-order valence-corrected chi connectivity index (χ2v) is 5.84. The van der Waals surface area contributed by atoms with Gasteiger partial charge in [-0.1, -0.05) is 18.2 Å². The normalized spacial score (nSPS) is 9.79. The molecule has 0 spiro atoms. The van der Waals surface area contributed by atoms with Gasteiger partial charge in [0.05, 0.1) is 11.4 Å². The summed E-state index contributed by atoms with van der Waals surface area (Å²) >= 11 is 0. The summed E-state index contributed by atoms with van der Waals surface area (Å²) in [7, 11) is 0. The fraction of sp³-hybridized carbons (Fsp3) is 0. The molecule has 4 amide bonds. The van der Waals surface area contributed by atoms with E-state index in [1.165, 1.54) is 0 Å². The average molecular weight is 391 g/mol. The molecular weight excluding hydrogens is 372 g/mol. The molecule has 3 aromatic rings. The number of H-pyrrole nitrogens is 1. The van der Waals surface area contributed by atoms with E-state index < -0.39 is 11.8 Å². The molecule has 1 heterocycles. The molecule has 0 aliphatic rings. The summed E-state index contributed by atoms with van der Waals surface area (Å²) < 4.78 is 0. The second-order valence-electron chi connectivity index (χ2n) is 5.84. The van der Waals surface area contributed by atoms with Crippen LogP contribution in [0.2, 0.25) is 0 Å². The molecule has 0 bridgehead atoms. The standard InChI is InChI=1S/C20H18N6O3/c27-18(22-16-10-12-21-13-11-16)19(28)26-25-17-8-6-15(7-9-17)24-20(29)23-14-4-2-1-3-5-14/h1-13,25H,(H,26,28)(H,21,22,27)(H2,23,24,29)/p+1. The number of pyridine rings is 1. The van der Waals surface area contributed by atoms with E-state index in [1.54, 1.807) is 60.9 Å². The van der Waals surface area contributed by atoms with Crippen LogP contribution in [0.15, 0.2) is 79.1 Å². The van der Waals surface area contributed by atoms with Crippen LogP contribution in [-0.4, -0.2) is 17.8 Å². The predicted molar refractivity (Wildman–Crippen MR) is 109 cm³/mol. The highest BCUT2D eigenvalue weighted by molar-refractivity contribution is 6.39. The van der Waals surface area contributed by atoms with Crippen LogP contribution in [0.1, 0.15) is 0 Å². The van der Waals surface area contributed by atoms with E-state index in [9.17, 15) is 14.4 Å². The third-order valence-electron chi connectivity index (χ3n) is 3.68. The highest BCUT2D eigenvalue weighted by atomic mass is 16.2. The molecule has 9 heteroatoms. The Labute approximate surface area is 166 Å². The van der Waals surface area contributed by atoms with Crippen molar-refractivity contribution in [3.8, 4) is 0 Å². The fourth-order valence-electron chi connectivity index (χ4n) is 2.30. The van der Waals surface area contributed by atoms with Crippen molar-refractivity contribution in [2.45, 2.75) is 0 Å². The Balaban J connectivity index is 1.45. The molecule has 3 rings (SSSR count). The number of aromatic nitrogens is 1. The third kappa shape index (κ3) is 6.07. The van der Waals surface area contributed by atoms with Crippen LogP contribution in [-0.2, 0) is 9.59 Å². The topological polar surface area (TPSA) is 125 Å². The monoisotopic (exact) mass is 391 g/mol. The van der Waals surface area contributed by atoms with E-state index in [0.29, 0.717) is 22.7 Å². The third-order valence-corrected chi connectivity index (χ3v) is 3.68. The van der Waals surface area contributed by atoms with Gasteiger partial charge in [-0.05, 0) is 36.4 Å². The molecule has 1 aromatic heterocycles. The van der Waals surface area contributed by atoms with Crippen molar-refractivity contribution < 1.29 is 19.4 Å². The van der Waals surface area contributed by atoms with Gasteiger partial charge in [0.2, 0.25) is 0 Å². The fourth-order valence-corrected chi connectivity index (χ4v) is 2.30. The molecule has 6 N–H and O–H groups in total. The smallest absolute Gasteiger partial charge is 0.317 e. The zero-order valence-corrected chi connectivity index (χ0v) is 15.2. The van der Waals surface area contributed by atoms with Crippen molar-refractivity contribution in [2.24, 2.45) is 0 Å². The molecule has 0 atom stereocenters. The molecule has 0 radical (unpaired) electrons. The first-order valence-corrected chi connectivity index (χ1v) is 8.67. The molecule has 0 aliphatic carbocycles. The van der Waals surface area contributed by atoms with Gasteiger partial charge in [-0.25, -0.2) is 9.78 Å². The maximum atomic E-state index is 12.0. The highest BCUT2D eigenvalue weighted by Crippen LogP contribution is 2.13. The number of amides is 4. The predicted octanol–water partition coefficient (Wildman–Crippen LogP) is 2.23. The lowest BCUT2D eigenvalue weighted by Gasteiger charge is -2.10. The van der Waals surface area contributed by atoms with Crippen LogP contribution >= 0.6 is 0 Å². The quantitative estimate of drug-likeness (QED) is 0.338. The zero-order valence-electron chi connectivity index (χ0n) is 15.2. The molecule has 0 saturated carbocycles. The minimum absolute atomic E-state index is 0.375. The first kappa shape index (κ1) is 19.4. The summed E-state index contributed by atoms with van der Waals surface area (Å²) in [5.41, 5.74) is 7.21. The van der Waals surface area contributed by atoms with Crippen LogP contribution in [0.25, 0.3) is 0 Å². The first-order valence-electron chi connectivity index (χ1n) is 8.67. The van der Waals surface area contributed by atoms with Crippen LogP contribution in [0.3, 0.4) is 0 Å². The van der Waals surface area contributed by atoms with Crippen molar-refractivity contribution in [3.63, 3.8) is 0 Å². The van der Waals surface area contributed by atoms with E-state index in [-0.39, 0.29) is 6.03 Å². The van der Waals surface area contributed by atoms with Crippen molar-refractivity contribution in [1.29, 1.82) is 0 Å². The Morgan fingerprint density at radius 2 is 1.14 bits per heavy atom. The lowest BCUT2D eigenvalue weighted by Crippen LogP contribution is -2.38. The van der Waals surface area contributed by atoms with Gasteiger partial charge in [0.25, 0.3) is 0 Å². The first-order chi connectivity index (χ1) is 14.1. The molecule has 29 heavy (non-hydrogen) atoms. The number of hydrogen-bond donors (Lipinski definition) is 5. The van der Waals surface area contributed by atoms with Gasteiger partial charge in [-0.2, -0.15) is 0 Å². The number of hydrazine groups is 1. The number of benzene rings is 2. The van der Waals surface area contributed by atoms with Gasteiger partial charge in [-0.3, -0.25) is 20.4 Å². The Bertz CT molecular complexity index is 978. The van der Waals surface area contributed by atoms with Crippen LogP contribution in [0.5, 0.6) is 0 Å². The zero-order chi connectivity index (χ0) is 20.5. The maximum absolute atomic E-state index is 12.0. The van der Waals surface area contributed by atoms with Crippen molar-refractivity contribution in [2.75, 3.05) is 21.4 Å². The number of aromatic amines is 1. The number of carbonyl (C=O) groups is 3. The highest BCUT2D eigenvalue weighted by Gasteiger charge is 2.13. The summed E-state index contributed by atoms with van der Waals surface area (Å²) in [4.78, 5) is 38.5. The van der Waals surface area contributed by atoms with E-state index in [4.69, 9.17) is 0 Å². The minimum Gasteiger partial charge on any atom is -0.317 e. The minimum atomic E-state index is -0.845. The van der Waals surface area contributed by atoms with Gasteiger partial charge < -0.3 is 16.0 Å². The van der Waals surface area contributed by atoms with Gasteiger partial charge in [0.1, 0.15) is 0 Å². The summed E-state index contributed by atoms with van der Waals surface area (Å²) in [5, 5.41) is 7.87. The van der Waals surface area contributed by atoms with Crippen LogP contribution < -0.4 is 31.8 Å². The van der Waals surface area contributed by atoms with Gasteiger partial charge in [0.15, 0.2) is 12.4 Å². The number of nitrogens with one attached hydrogen (secondary N) is 6. The van der Waals surface area contributed by atoms with Gasteiger partial charge in [-0.15, -0.1) is 0 Å². The van der Waals surface area contributed by atoms with E-state index in [2.05, 4.69) is 31.8 Å². The summed E-state index contributed by atoms with van der Waals surface area (Å²) in [6.45, 7) is 0. The summed E-state index contributed by atoms with van der Waals surface area (Å²) in [5.74, 6) is -1.65. The number of para-hydroxylation sites is 1. The van der Waals surface area contributed by atoms with Crippen molar-refractivity contribution in [1.82, 2.24) is 5.43 Å². The lowest BCUT2D eigenvalue weighted by molar-refractivity contribution is -0.377. The van der Waals surface area contributed by atoms with Crippen molar-refractivity contribution >= 4 is 40.6 Å². The molecule has 0 unspecified atom stereocenters. The number of carbonyl (C=O) groups excluding carboxylic acids is 3. The second kappa shape index (κ2) is 9.51. The number of urea groups is 1. The van der Waals surface area contributed by atoms with E-state index in [0.717, 1.165) is 0 Å². The Morgan fingerprint density at radius 3 is 1.79 bits per heavy atom. The summed E-state index contributed by atoms with van der Waals surface area (Å²) in [6.07, 6.45) is 3.25. The van der Waals surface area contributed by atoms with Gasteiger partial charge in [0, 0.05) is 23.5 Å². The SMILES string of the molecule is O=C(Nc1ccccc1)Nc1ccc(NNC(=O)C(=O)Nc2cc[nH+]cc2)cc1. The Hall–Kier alpha value is -4.40. The van der Waals surface area contributed by atoms with Gasteiger partial charge >= 0.3 is 17.8 Å². The summed E-state index contributed by atoms with van der Waals surface area (Å²) in [6, 6.07) is 18.5. The molecule has 146 valence electrons. The van der Waals surface area contributed by atoms with Crippen molar-refractivity contribution in [3.05, 3.63) is 79.1 Å². The van der Waals surface area contributed by atoms with E-state index in [1.807, 2.05) is 18.2 Å². The van der Waals surface area contributed by atoms with E-state index >= 15 is 0 Å². The average Bonchev–Trinajstić information content (AvgIpc) is 2.74. The Morgan fingerprint density at radius 1 is 0.586 bits per heavy atom. The van der Waals surface area contributed by atoms with Crippen LogP contribution in [0.4, 0.5) is 27.5 Å². The number of rotatable bonds is 5. The molecule has 9 nitrogen and oxygen atoms in total.